The summed E-state index contributed by atoms with van der Waals surface area (Å²) in [6.45, 7) is 6.37. The number of aliphatic hydroxyl groups is 1. The third-order valence-electron chi connectivity index (χ3n) is 5.77. The van der Waals surface area contributed by atoms with E-state index in [-0.39, 0.29) is 0 Å². The predicted molar refractivity (Wildman–Crippen MR) is 120 cm³/mol. The molecule has 1 aliphatic heterocycles. The Kier molecular flexibility index (Phi) is 7.71. The number of rotatable bonds is 9. The number of anilines is 1. The number of primary amides is 1. The number of amides is 1. The fraction of sp³-hybridized carbons (Fsp3) is 0.458. The molecule has 3 N–H and O–H groups in total. The first-order chi connectivity index (χ1) is 14.5. The van der Waals surface area contributed by atoms with Gasteiger partial charge < -0.3 is 20.5 Å². The van der Waals surface area contributed by atoms with Crippen LogP contribution in [0.4, 0.5) is 5.69 Å². The fourth-order valence-electron chi connectivity index (χ4n) is 3.95. The minimum Gasteiger partial charge on any atom is -0.496 e. The summed E-state index contributed by atoms with van der Waals surface area (Å²) in [5, 5.41) is 10.7. The number of hydrogen-bond acceptors (Lipinski definition) is 5. The van der Waals surface area contributed by atoms with E-state index in [1.165, 1.54) is 31.2 Å². The van der Waals surface area contributed by atoms with Crippen LogP contribution in [0, 0.1) is 0 Å². The van der Waals surface area contributed by atoms with Gasteiger partial charge in [0.15, 0.2) is 0 Å². The van der Waals surface area contributed by atoms with Crippen molar-refractivity contribution in [3.8, 4) is 5.75 Å². The Bertz CT molecular complexity index is 847. The maximum atomic E-state index is 11.6. The van der Waals surface area contributed by atoms with Crippen LogP contribution in [0.5, 0.6) is 5.75 Å². The Morgan fingerprint density at radius 3 is 2.60 bits per heavy atom. The van der Waals surface area contributed by atoms with Crippen molar-refractivity contribution in [2.24, 2.45) is 5.73 Å². The fourth-order valence-corrected chi connectivity index (χ4v) is 3.95. The molecule has 0 bridgehead atoms. The van der Waals surface area contributed by atoms with Gasteiger partial charge in [0, 0.05) is 38.4 Å². The summed E-state index contributed by atoms with van der Waals surface area (Å²) in [7, 11) is 1.50. The highest BCUT2D eigenvalue weighted by Gasteiger charge is 2.21. The van der Waals surface area contributed by atoms with Gasteiger partial charge in [0.1, 0.15) is 5.75 Å². The third kappa shape index (κ3) is 5.52. The molecule has 0 saturated carbocycles. The van der Waals surface area contributed by atoms with E-state index in [0.717, 1.165) is 32.6 Å². The van der Waals surface area contributed by atoms with E-state index in [1.807, 2.05) is 0 Å². The Morgan fingerprint density at radius 1 is 1.17 bits per heavy atom. The summed E-state index contributed by atoms with van der Waals surface area (Å²) in [5.74, 6) is -0.135. The van der Waals surface area contributed by atoms with Gasteiger partial charge in [-0.05, 0) is 48.2 Å². The summed E-state index contributed by atoms with van der Waals surface area (Å²) in [6, 6.07) is 13.9. The quantitative estimate of drug-likeness (QED) is 0.663. The molecule has 30 heavy (non-hydrogen) atoms. The van der Waals surface area contributed by atoms with Gasteiger partial charge in [0.05, 0.1) is 18.8 Å². The van der Waals surface area contributed by atoms with Crippen molar-refractivity contribution < 1.29 is 14.6 Å². The van der Waals surface area contributed by atoms with Crippen LogP contribution in [-0.4, -0.2) is 55.7 Å². The molecule has 1 saturated heterocycles. The first-order valence-electron chi connectivity index (χ1n) is 10.7. The largest absolute Gasteiger partial charge is 0.496 e. The molecule has 1 atom stereocenters. The average molecular weight is 412 g/mol. The van der Waals surface area contributed by atoms with E-state index < -0.39 is 12.0 Å². The number of carbonyl (C=O) groups excluding carboxylic acids is 1. The molecule has 0 aromatic heterocycles. The number of ether oxygens (including phenoxy) is 1. The van der Waals surface area contributed by atoms with Gasteiger partial charge in [-0.1, -0.05) is 31.5 Å². The maximum Gasteiger partial charge on any atom is 0.252 e. The second-order valence-electron chi connectivity index (χ2n) is 7.90. The predicted octanol–water partition coefficient (Wildman–Crippen LogP) is 2.99. The summed E-state index contributed by atoms with van der Waals surface area (Å²) >= 11 is 0. The van der Waals surface area contributed by atoms with Crippen molar-refractivity contribution in [1.82, 2.24) is 4.90 Å². The standard InChI is InChI=1S/C24H33N3O3/c1-3-4-6-18-7-5-8-20(15-18)27-13-11-26(12-14-27)17-22(28)19-9-10-23(30-2)21(16-19)24(25)29/h5,7-10,15-16,22,28H,3-4,6,11-14,17H2,1-2H3,(H2,25,29). The highest BCUT2D eigenvalue weighted by atomic mass is 16.5. The van der Waals surface area contributed by atoms with Crippen LogP contribution in [0.25, 0.3) is 0 Å². The molecule has 6 nitrogen and oxygen atoms in total. The van der Waals surface area contributed by atoms with Gasteiger partial charge in [-0.15, -0.1) is 0 Å². The molecule has 2 aromatic rings. The number of nitrogens with two attached hydrogens (primary N) is 1. The molecule has 1 fully saturated rings. The number of benzene rings is 2. The lowest BCUT2D eigenvalue weighted by atomic mass is 10.0. The van der Waals surface area contributed by atoms with Gasteiger partial charge in [0.2, 0.25) is 0 Å². The summed E-state index contributed by atoms with van der Waals surface area (Å²) in [4.78, 5) is 16.3. The van der Waals surface area contributed by atoms with Crippen molar-refractivity contribution in [1.29, 1.82) is 0 Å². The molecule has 1 unspecified atom stereocenters. The summed E-state index contributed by atoms with van der Waals surface area (Å²) in [6.07, 6.45) is 2.88. The van der Waals surface area contributed by atoms with E-state index in [2.05, 4.69) is 41.0 Å². The summed E-state index contributed by atoms with van der Waals surface area (Å²) < 4.78 is 5.18. The van der Waals surface area contributed by atoms with Crippen molar-refractivity contribution in [2.45, 2.75) is 32.3 Å². The number of piperazine rings is 1. The number of methoxy groups -OCH3 is 1. The van der Waals surface area contributed by atoms with E-state index in [4.69, 9.17) is 10.5 Å². The van der Waals surface area contributed by atoms with Crippen LogP contribution in [-0.2, 0) is 6.42 Å². The van der Waals surface area contributed by atoms with Crippen molar-refractivity contribution in [3.63, 3.8) is 0 Å². The molecule has 6 heteroatoms. The number of nitrogens with zero attached hydrogens (tertiary/aromatic N) is 2. The van der Waals surface area contributed by atoms with Crippen LogP contribution >= 0.6 is 0 Å². The van der Waals surface area contributed by atoms with Crippen LogP contribution < -0.4 is 15.4 Å². The molecule has 3 rings (SSSR count). The molecular formula is C24H33N3O3. The number of β-amino-alcohol motifs (C(OH)–C–C–N with tert-alkyl or cyclic N) is 1. The lowest BCUT2D eigenvalue weighted by molar-refractivity contribution is 0.0995. The number of carbonyl (C=O) groups is 1. The molecule has 2 aromatic carbocycles. The zero-order valence-electron chi connectivity index (χ0n) is 18.0. The zero-order valence-corrected chi connectivity index (χ0v) is 18.0. The molecule has 1 heterocycles. The lowest BCUT2D eigenvalue weighted by Crippen LogP contribution is -2.47. The van der Waals surface area contributed by atoms with Gasteiger partial charge in [0.25, 0.3) is 5.91 Å². The molecule has 1 amide bonds. The van der Waals surface area contributed by atoms with Gasteiger partial charge >= 0.3 is 0 Å². The number of hydrogen-bond donors (Lipinski definition) is 2. The maximum absolute atomic E-state index is 11.6. The van der Waals surface area contributed by atoms with Crippen molar-refractivity contribution in [2.75, 3.05) is 44.7 Å². The normalized spacial score (nSPS) is 15.8. The molecule has 0 aliphatic carbocycles. The SMILES string of the molecule is CCCCc1cccc(N2CCN(CC(O)c3ccc(OC)c(C(N)=O)c3)CC2)c1. The Hall–Kier alpha value is -2.57. The minimum atomic E-state index is -0.682. The monoisotopic (exact) mass is 411 g/mol. The van der Waals surface area contributed by atoms with E-state index >= 15 is 0 Å². The number of aryl methyl sites for hydroxylation is 1. The number of unbranched alkanes of at least 4 members (excludes halogenated alkanes) is 1. The van der Waals surface area contributed by atoms with Gasteiger partial charge in [-0.3, -0.25) is 9.69 Å². The van der Waals surface area contributed by atoms with E-state index in [1.54, 1.807) is 18.2 Å². The lowest BCUT2D eigenvalue weighted by Gasteiger charge is -2.37. The minimum absolute atomic E-state index is 0.293. The van der Waals surface area contributed by atoms with Crippen molar-refractivity contribution in [3.05, 3.63) is 59.2 Å². The Morgan fingerprint density at radius 2 is 1.93 bits per heavy atom. The first-order valence-corrected chi connectivity index (χ1v) is 10.7. The smallest absolute Gasteiger partial charge is 0.252 e. The highest BCUT2D eigenvalue weighted by Crippen LogP contribution is 2.25. The zero-order chi connectivity index (χ0) is 21.5. The Balaban J connectivity index is 1.57. The van der Waals surface area contributed by atoms with Crippen molar-refractivity contribution >= 4 is 11.6 Å². The molecular weight excluding hydrogens is 378 g/mol. The molecule has 162 valence electrons. The summed E-state index contributed by atoms with van der Waals surface area (Å²) in [5.41, 5.74) is 9.09. The topological polar surface area (TPSA) is 79.0 Å². The van der Waals surface area contributed by atoms with Crippen LogP contribution in [0.1, 0.15) is 47.4 Å². The molecule has 1 aliphatic rings. The van der Waals surface area contributed by atoms with Gasteiger partial charge in [-0.2, -0.15) is 0 Å². The first kappa shape index (κ1) is 22.1. The number of aliphatic hydroxyl groups excluding tert-OH is 1. The van der Waals surface area contributed by atoms with Crippen LogP contribution in [0.2, 0.25) is 0 Å². The van der Waals surface area contributed by atoms with E-state index in [9.17, 15) is 9.90 Å². The second kappa shape index (κ2) is 10.5. The van der Waals surface area contributed by atoms with Crippen LogP contribution in [0.15, 0.2) is 42.5 Å². The van der Waals surface area contributed by atoms with E-state index in [0.29, 0.717) is 23.4 Å². The van der Waals surface area contributed by atoms with Crippen LogP contribution in [0.3, 0.4) is 0 Å². The molecule has 0 spiro atoms. The van der Waals surface area contributed by atoms with Gasteiger partial charge in [-0.25, -0.2) is 0 Å². The average Bonchev–Trinajstić information content (AvgIpc) is 2.77. The second-order valence-corrected chi connectivity index (χ2v) is 7.90. The highest BCUT2D eigenvalue weighted by molar-refractivity contribution is 5.95. The Labute approximate surface area is 179 Å². The molecule has 0 radical (unpaired) electrons. The third-order valence-corrected chi connectivity index (χ3v) is 5.77.